The summed E-state index contributed by atoms with van der Waals surface area (Å²) in [6, 6.07) is 0. The highest BCUT2D eigenvalue weighted by Gasteiger charge is 1.97. The van der Waals surface area contributed by atoms with Crippen LogP contribution in [0.4, 0.5) is 0 Å². The molecule has 12 heavy (non-hydrogen) atoms. The Morgan fingerprint density at radius 1 is 1.25 bits per heavy atom. The Morgan fingerprint density at radius 3 is 2.33 bits per heavy atom. The average molecular weight is 173 g/mol. The summed E-state index contributed by atoms with van der Waals surface area (Å²) in [7, 11) is 1.59. The highest BCUT2D eigenvalue weighted by Crippen LogP contribution is 1.77. The van der Waals surface area contributed by atoms with E-state index in [1.165, 1.54) is 0 Å². The lowest BCUT2D eigenvalue weighted by Crippen LogP contribution is -2.27. The van der Waals surface area contributed by atoms with Gasteiger partial charge in [0.1, 0.15) is 0 Å². The molecule has 2 amide bonds. The van der Waals surface area contributed by atoms with Gasteiger partial charge < -0.3 is 16.4 Å². The van der Waals surface area contributed by atoms with Gasteiger partial charge in [0, 0.05) is 33.0 Å². The molecule has 0 aromatic heterocycles. The summed E-state index contributed by atoms with van der Waals surface area (Å²) in [6.45, 7) is 1.11. The minimum Gasteiger partial charge on any atom is -0.370 e. The van der Waals surface area contributed by atoms with Crippen molar-refractivity contribution < 1.29 is 9.59 Å². The van der Waals surface area contributed by atoms with Crippen LogP contribution >= 0.6 is 0 Å². The minimum atomic E-state index is -0.331. The molecule has 70 valence electrons. The third-order valence-corrected chi connectivity index (χ3v) is 1.36. The molecule has 5 heteroatoms. The molecule has 0 unspecified atom stereocenters. The minimum absolute atomic E-state index is 0.0124. The first-order chi connectivity index (χ1) is 5.66. The van der Waals surface area contributed by atoms with Crippen LogP contribution in [-0.4, -0.2) is 32.0 Å². The van der Waals surface area contributed by atoms with E-state index in [0.717, 1.165) is 0 Å². The van der Waals surface area contributed by atoms with Crippen molar-refractivity contribution in [2.45, 2.75) is 12.8 Å². The van der Waals surface area contributed by atoms with Crippen LogP contribution < -0.4 is 16.4 Å². The first-order valence-corrected chi connectivity index (χ1v) is 3.86. The molecular formula is C7H15N3O2. The van der Waals surface area contributed by atoms with Gasteiger partial charge in [-0.25, -0.2) is 0 Å². The summed E-state index contributed by atoms with van der Waals surface area (Å²) in [6.07, 6.45) is 0.739. The number of nitrogens with one attached hydrogen (secondary N) is 2. The predicted molar refractivity (Wildman–Crippen MR) is 45.4 cm³/mol. The van der Waals surface area contributed by atoms with Gasteiger partial charge in [-0.3, -0.25) is 9.59 Å². The van der Waals surface area contributed by atoms with Gasteiger partial charge in [-0.2, -0.15) is 0 Å². The maximum atomic E-state index is 10.7. The van der Waals surface area contributed by atoms with Crippen LogP contribution in [-0.2, 0) is 9.59 Å². The Balaban J connectivity index is 3.11. The summed E-state index contributed by atoms with van der Waals surface area (Å²) in [5, 5.41) is 5.41. The van der Waals surface area contributed by atoms with E-state index >= 15 is 0 Å². The molecule has 0 aromatic rings. The molecule has 0 spiro atoms. The fraction of sp³-hybridized carbons (Fsp3) is 0.714. The van der Waals surface area contributed by atoms with Crippen LogP contribution in [0.2, 0.25) is 0 Å². The molecule has 0 radical (unpaired) electrons. The number of hydrogen-bond donors (Lipinski definition) is 3. The van der Waals surface area contributed by atoms with Crippen LogP contribution in [0.5, 0.6) is 0 Å². The lowest BCUT2D eigenvalue weighted by Gasteiger charge is -2.01. The lowest BCUT2D eigenvalue weighted by molar-refractivity contribution is -0.120. The Bertz CT molecular complexity index is 159. The molecule has 0 aliphatic rings. The standard InChI is InChI=1S/C7H15N3O2/c1-9-7(12)3-5-10-4-2-6(8)11/h10H,2-5H2,1H3,(H2,8,11)(H,9,12). The zero-order valence-corrected chi connectivity index (χ0v) is 7.22. The summed E-state index contributed by atoms with van der Waals surface area (Å²) in [4.78, 5) is 20.9. The maximum absolute atomic E-state index is 10.7. The number of rotatable bonds is 6. The number of amides is 2. The van der Waals surface area contributed by atoms with Gasteiger partial charge in [0.25, 0.3) is 0 Å². The first kappa shape index (κ1) is 10.9. The van der Waals surface area contributed by atoms with Crippen molar-refractivity contribution in [3.63, 3.8) is 0 Å². The molecule has 0 heterocycles. The van der Waals surface area contributed by atoms with E-state index in [0.29, 0.717) is 25.9 Å². The van der Waals surface area contributed by atoms with Gasteiger partial charge in [-0.05, 0) is 0 Å². The van der Waals surface area contributed by atoms with Crippen molar-refractivity contribution in [3.05, 3.63) is 0 Å². The molecule has 0 aromatic carbocycles. The highest BCUT2D eigenvalue weighted by atomic mass is 16.1. The Kier molecular flexibility index (Phi) is 6.00. The summed E-state index contributed by atoms with van der Waals surface area (Å²) >= 11 is 0. The zero-order valence-electron chi connectivity index (χ0n) is 7.22. The first-order valence-electron chi connectivity index (χ1n) is 3.86. The third-order valence-electron chi connectivity index (χ3n) is 1.36. The summed E-state index contributed by atoms with van der Waals surface area (Å²) < 4.78 is 0. The molecule has 4 N–H and O–H groups in total. The molecular weight excluding hydrogens is 158 g/mol. The van der Waals surface area contributed by atoms with Crippen LogP contribution in [0.15, 0.2) is 0 Å². The van der Waals surface area contributed by atoms with Crippen molar-refractivity contribution >= 4 is 11.8 Å². The normalized spacial score (nSPS) is 9.42. The van der Waals surface area contributed by atoms with Crippen LogP contribution in [0, 0.1) is 0 Å². The second kappa shape index (κ2) is 6.60. The van der Waals surface area contributed by atoms with E-state index in [4.69, 9.17) is 5.73 Å². The van der Waals surface area contributed by atoms with Gasteiger partial charge in [0.2, 0.25) is 11.8 Å². The van der Waals surface area contributed by atoms with E-state index < -0.39 is 0 Å². The molecule has 0 aliphatic carbocycles. The quantitative estimate of drug-likeness (QED) is 0.431. The maximum Gasteiger partial charge on any atom is 0.221 e. The molecule has 0 rings (SSSR count). The van der Waals surface area contributed by atoms with Crippen molar-refractivity contribution in [1.29, 1.82) is 0 Å². The third kappa shape index (κ3) is 7.01. The number of carbonyl (C=O) groups is 2. The van der Waals surface area contributed by atoms with Crippen molar-refractivity contribution in [2.24, 2.45) is 5.73 Å². The zero-order chi connectivity index (χ0) is 9.40. The Hall–Kier alpha value is -1.10. The van der Waals surface area contributed by atoms with Crippen LogP contribution in [0.25, 0.3) is 0 Å². The van der Waals surface area contributed by atoms with Crippen molar-refractivity contribution in [3.8, 4) is 0 Å². The molecule has 0 aliphatic heterocycles. The fourth-order valence-corrected chi connectivity index (χ4v) is 0.664. The highest BCUT2D eigenvalue weighted by molar-refractivity contribution is 5.75. The van der Waals surface area contributed by atoms with Gasteiger partial charge in [0.05, 0.1) is 0 Å². The second-order valence-corrected chi connectivity index (χ2v) is 2.39. The average Bonchev–Trinajstić information content (AvgIpc) is 2.03. The SMILES string of the molecule is CNC(=O)CCNCCC(N)=O. The molecule has 0 bridgehead atoms. The summed E-state index contributed by atoms with van der Waals surface area (Å²) in [5.74, 6) is -0.344. The van der Waals surface area contributed by atoms with Crippen molar-refractivity contribution in [1.82, 2.24) is 10.6 Å². The Labute approximate surface area is 71.7 Å². The predicted octanol–water partition coefficient (Wildman–Crippen LogP) is -1.41. The van der Waals surface area contributed by atoms with E-state index in [1.807, 2.05) is 0 Å². The van der Waals surface area contributed by atoms with E-state index in [1.54, 1.807) is 7.05 Å². The number of primary amides is 1. The second-order valence-electron chi connectivity index (χ2n) is 2.39. The molecule has 0 atom stereocenters. The van der Waals surface area contributed by atoms with Crippen LogP contribution in [0.1, 0.15) is 12.8 Å². The molecule has 0 saturated carbocycles. The van der Waals surface area contributed by atoms with E-state index in [-0.39, 0.29) is 11.8 Å². The van der Waals surface area contributed by atoms with Gasteiger partial charge in [-0.1, -0.05) is 0 Å². The number of nitrogens with two attached hydrogens (primary N) is 1. The summed E-state index contributed by atoms with van der Waals surface area (Å²) in [5.41, 5.74) is 4.90. The van der Waals surface area contributed by atoms with Gasteiger partial charge >= 0.3 is 0 Å². The van der Waals surface area contributed by atoms with Gasteiger partial charge in [-0.15, -0.1) is 0 Å². The molecule has 0 saturated heterocycles. The monoisotopic (exact) mass is 173 g/mol. The fourth-order valence-electron chi connectivity index (χ4n) is 0.664. The van der Waals surface area contributed by atoms with Crippen LogP contribution in [0.3, 0.4) is 0 Å². The van der Waals surface area contributed by atoms with Gasteiger partial charge in [0.15, 0.2) is 0 Å². The van der Waals surface area contributed by atoms with Crippen molar-refractivity contribution in [2.75, 3.05) is 20.1 Å². The topological polar surface area (TPSA) is 84.2 Å². The van der Waals surface area contributed by atoms with E-state index in [2.05, 4.69) is 10.6 Å². The van der Waals surface area contributed by atoms with E-state index in [9.17, 15) is 9.59 Å². The molecule has 0 fully saturated rings. The number of hydrogen-bond acceptors (Lipinski definition) is 3. The molecule has 5 nitrogen and oxygen atoms in total. The smallest absolute Gasteiger partial charge is 0.221 e. The number of carbonyl (C=O) groups excluding carboxylic acids is 2. The largest absolute Gasteiger partial charge is 0.370 e. The lowest BCUT2D eigenvalue weighted by atomic mass is 10.3. The Morgan fingerprint density at radius 2 is 1.83 bits per heavy atom.